The van der Waals surface area contributed by atoms with Crippen LogP contribution in [0.15, 0.2) is 18.2 Å². The van der Waals surface area contributed by atoms with E-state index in [4.69, 9.17) is 4.74 Å². The molecule has 1 amide bonds. The molecule has 0 aromatic heterocycles. The van der Waals surface area contributed by atoms with Crippen molar-refractivity contribution in [1.82, 2.24) is 5.32 Å². The van der Waals surface area contributed by atoms with Crippen molar-refractivity contribution in [2.75, 3.05) is 13.2 Å². The number of aromatic hydroxyl groups is 2. The zero-order valence-corrected chi connectivity index (χ0v) is 9.93. The third-order valence-electron chi connectivity index (χ3n) is 2.26. The van der Waals surface area contributed by atoms with Crippen molar-refractivity contribution in [1.29, 1.82) is 0 Å². The predicted molar refractivity (Wildman–Crippen MR) is 63.2 cm³/mol. The van der Waals surface area contributed by atoms with Crippen molar-refractivity contribution in [2.24, 2.45) is 0 Å². The quantitative estimate of drug-likeness (QED) is 0.676. The highest BCUT2D eigenvalue weighted by Gasteiger charge is 2.14. The molecule has 0 spiro atoms. The second kappa shape index (κ2) is 6.10. The van der Waals surface area contributed by atoms with Crippen LogP contribution in [0.3, 0.4) is 0 Å². The number of hydrogen-bond acceptors (Lipinski definition) is 4. The molecule has 1 aromatic carbocycles. The average molecular weight is 239 g/mol. The summed E-state index contributed by atoms with van der Waals surface area (Å²) in [5.41, 5.74) is 0.0497. The second-order valence-electron chi connectivity index (χ2n) is 3.65. The number of phenols is 2. The summed E-state index contributed by atoms with van der Waals surface area (Å²) in [5.74, 6) is -1.16. The van der Waals surface area contributed by atoms with Crippen LogP contribution in [0.4, 0.5) is 0 Å². The minimum Gasteiger partial charge on any atom is -0.504 e. The highest BCUT2D eigenvalue weighted by Crippen LogP contribution is 2.27. The van der Waals surface area contributed by atoms with E-state index in [9.17, 15) is 15.0 Å². The number of para-hydroxylation sites is 1. The molecule has 0 heterocycles. The fraction of sp³-hybridized carbons (Fsp3) is 0.417. The van der Waals surface area contributed by atoms with Crippen molar-refractivity contribution in [2.45, 2.75) is 20.0 Å². The van der Waals surface area contributed by atoms with Gasteiger partial charge in [0, 0.05) is 13.2 Å². The van der Waals surface area contributed by atoms with Crippen LogP contribution >= 0.6 is 0 Å². The van der Waals surface area contributed by atoms with E-state index in [1.54, 1.807) is 0 Å². The molecule has 5 nitrogen and oxygen atoms in total. The lowest BCUT2D eigenvalue weighted by Gasteiger charge is -2.13. The number of hydrogen-bond donors (Lipinski definition) is 3. The Kier molecular flexibility index (Phi) is 4.78. The number of benzene rings is 1. The third kappa shape index (κ3) is 3.64. The lowest BCUT2D eigenvalue weighted by atomic mass is 10.1. The average Bonchev–Trinajstić information content (AvgIpc) is 2.30. The molecule has 1 atom stereocenters. The molecule has 3 N–H and O–H groups in total. The molecule has 1 rings (SSSR count). The number of phenolic OH excluding ortho intramolecular Hbond substituents is 2. The van der Waals surface area contributed by atoms with Crippen molar-refractivity contribution in [3.05, 3.63) is 23.8 Å². The zero-order chi connectivity index (χ0) is 12.8. The van der Waals surface area contributed by atoms with Gasteiger partial charge in [0.15, 0.2) is 11.5 Å². The lowest BCUT2D eigenvalue weighted by molar-refractivity contribution is 0.0694. The van der Waals surface area contributed by atoms with E-state index >= 15 is 0 Å². The van der Waals surface area contributed by atoms with Crippen LogP contribution in [0.25, 0.3) is 0 Å². The first kappa shape index (κ1) is 13.3. The van der Waals surface area contributed by atoms with E-state index in [1.165, 1.54) is 18.2 Å². The summed E-state index contributed by atoms with van der Waals surface area (Å²) in [6.07, 6.45) is -0.0941. The first-order chi connectivity index (χ1) is 8.06. The maximum Gasteiger partial charge on any atom is 0.255 e. The van der Waals surface area contributed by atoms with Gasteiger partial charge < -0.3 is 20.3 Å². The molecule has 0 saturated carbocycles. The molecule has 5 heteroatoms. The Bertz CT molecular complexity index is 392. The first-order valence-corrected chi connectivity index (χ1v) is 5.47. The topological polar surface area (TPSA) is 78.8 Å². The maximum absolute atomic E-state index is 11.7. The van der Waals surface area contributed by atoms with Crippen molar-refractivity contribution in [3.63, 3.8) is 0 Å². The van der Waals surface area contributed by atoms with Gasteiger partial charge in [-0.05, 0) is 26.0 Å². The van der Waals surface area contributed by atoms with Crippen molar-refractivity contribution in [3.8, 4) is 11.5 Å². The predicted octanol–water partition coefficient (Wildman–Crippen LogP) is 1.25. The van der Waals surface area contributed by atoms with Gasteiger partial charge in [0.05, 0.1) is 11.7 Å². The van der Waals surface area contributed by atoms with Crippen molar-refractivity contribution < 1.29 is 19.7 Å². The number of nitrogens with one attached hydrogen (secondary N) is 1. The highest BCUT2D eigenvalue weighted by atomic mass is 16.5. The minimum atomic E-state index is -0.440. The molecule has 0 saturated heterocycles. The zero-order valence-electron chi connectivity index (χ0n) is 9.93. The Balaban J connectivity index is 2.61. The Hall–Kier alpha value is -1.75. The summed E-state index contributed by atoms with van der Waals surface area (Å²) in [5, 5.41) is 21.4. The normalized spacial score (nSPS) is 12.1. The number of amides is 1. The minimum absolute atomic E-state index is 0.0497. The van der Waals surface area contributed by atoms with Gasteiger partial charge in [-0.2, -0.15) is 0 Å². The molecule has 1 aromatic rings. The molecule has 0 radical (unpaired) electrons. The standard InChI is InChI=1S/C12H17NO4/c1-3-17-8(2)7-13-12(16)9-5-4-6-10(14)11(9)15/h4-6,8,14-15H,3,7H2,1-2H3,(H,13,16). The summed E-state index contributed by atoms with van der Waals surface area (Å²) in [6.45, 7) is 4.64. The summed E-state index contributed by atoms with van der Waals surface area (Å²) < 4.78 is 5.26. The Morgan fingerprint density at radius 1 is 1.47 bits per heavy atom. The van der Waals surface area contributed by atoms with E-state index < -0.39 is 11.7 Å². The van der Waals surface area contributed by atoms with Gasteiger partial charge in [-0.1, -0.05) is 6.07 Å². The van der Waals surface area contributed by atoms with Gasteiger partial charge in [-0.25, -0.2) is 0 Å². The Labute approximate surface area is 100 Å². The molecular formula is C12H17NO4. The Morgan fingerprint density at radius 3 is 2.82 bits per heavy atom. The van der Waals surface area contributed by atoms with Gasteiger partial charge in [-0.15, -0.1) is 0 Å². The molecule has 0 aliphatic carbocycles. The van der Waals surface area contributed by atoms with Gasteiger partial charge in [-0.3, -0.25) is 4.79 Å². The SMILES string of the molecule is CCOC(C)CNC(=O)c1cccc(O)c1O. The maximum atomic E-state index is 11.7. The summed E-state index contributed by atoms with van der Waals surface area (Å²) in [6, 6.07) is 4.25. The molecule has 0 fully saturated rings. The molecule has 94 valence electrons. The Morgan fingerprint density at radius 2 is 2.18 bits per heavy atom. The van der Waals surface area contributed by atoms with Crippen LogP contribution < -0.4 is 5.32 Å². The lowest BCUT2D eigenvalue weighted by Crippen LogP contribution is -2.32. The molecular weight excluding hydrogens is 222 g/mol. The summed E-state index contributed by atoms with van der Waals surface area (Å²) in [7, 11) is 0. The molecule has 17 heavy (non-hydrogen) atoms. The van der Waals surface area contributed by atoms with Crippen LogP contribution in [0.1, 0.15) is 24.2 Å². The fourth-order valence-corrected chi connectivity index (χ4v) is 1.39. The summed E-state index contributed by atoms with van der Waals surface area (Å²) in [4.78, 5) is 11.7. The van der Waals surface area contributed by atoms with Crippen molar-refractivity contribution >= 4 is 5.91 Å². The highest BCUT2D eigenvalue weighted by molar-refractivity contribution is 5.97. The fourth-order valence-electron chi connectivity index (χ4n) is 1.39. The van der Waals surface area contributed by atoms with Gasteiger partial charge >= 0.3 is 0 Å². The van der Waals surface area contributed by atoms with E-state index in [-0.39, 0.29) is 17.4 Å². The molecule has 1 unspecified atom stereocenters. The molecule has 0 aliphatic heterocycles. The van der Waals surface area contributed by atoms with Gasteiger partial charge in [0.1, 0.15) is 0 Å². The van der Waals surface area contributed by atoms with Crippen LogP contribution in [0.2, 0.25) is 0 Å². The van der Waals surface area contributed by atoms with Crippen LogP contribution in [0.5, 0.6) is 11.5 Å². The summed E-state index contributed by atoms with van der Waals surface area (Å²) >= 11 is 0. The van der Waals surface area contributed by atoms with Gasteiger partial charge in [0.25, 0.3) is 5.91 Å². The van der Waals surface area contributed by atoms with Crippen LogP contribution in [0, 0.1) is 0 Å². The largest absolute Gasteiger partial charge is 0.504 e. The van der Waals surface area contributed by atoms with Crippen LogP contribution in [-0.4, -0.2) is 35.4 Å². The third-order valence-corrected chi connectivity index (χ3v) is 2.26. The van der Waals surface area contributed by atoms with E-state index in [1.807, 2.05) is 13.8 Å². The second-order valence-corrected chi connectivity index (χ2v) is 3.65. The number of carbonyl (C=O) groups is 1. The van der Waals surface area contributed by atoms with E-state index in [0.717, 1.165) is 0 Å². The molecule has 0 aliphatic rings. The number of rotatable bonds is 5. The van der Waals surface area contributed by atoms with E-state index in [0.29, 0.717) is 13.2 Å². The number of ether oxygens (including phenoxy) is 1. The monoisotopic (exact) mass is 239 g/mol. The number of carbonyl (C=O) groups excluding carboxylic acids is 1. The smallest absolute Gasteiger partial charge is 0.255 e. The van der Waals surface area contributed by atoms with Crippen LogP contribution in [-0.2, 0) is 4.74 Å². The van der Waals surface area contributed by atoms with Gasteiger partial charge in [0.2, 0.25) is 0 Å². The first-order valence-electron chi connectivity index (χ1n) is 5.47. The molecule has 0 bridgehead atoms. The van der Waals surface area contributed by atoms with E-state index in [2.05, 4.69) is 5.32 Å².